The van der Waals surface area contributed by atoms with Crippen LogP contribution in [0.4, 0.5) is 0 Å². The van der Waals surface area contributed by atoms with E-state index in [1.807, 2.05) is 0 Å². The van der Waals surface area contributed by atoms with Crippen LogP contribution in [0, 0.1) is 0 Å². The lowest BCUT2D eigenvalue weighted by Gasteiger charge is -2.23. The van der Waals surface area contributed by atoms with Crippen LogP contribution in [0.15, 0.2) is 0 Å². The minimum absolute atomic E-state index is 0.0781. The number of carboxylic acids is 2. The van der Waals surface area contributed by atoms with Gasteiger partial charge in [-0.05, 0) is 39.2 Å². The molecule has 9 N–H and O–H groups in total. The zero-order valence-electron chi connectivity index (χ0n) is 16.8. The number of hydrogen-bond donors (Lipinski definition) is 8. The van der Waals surface area contributed by atoms with Gasteiger partial charge in [-0.1, -0.05) is 0 Å². The second-order valence-corrected chi connectivity index (χ2v) is 7.06. The van der Waals surface area contributed by atoms with E-state index in [2.05, 4.69) is 28.6 Å². The second kappa shape index (κ2) is 14.6. The molecule has 0 aliphatic rings. The number of carbonyl (C=O) groups excluding carboxylic acids is 3. The van der Waals surface area contributed by atoms with Crippen molar-refractivity contribution in [2.75, 3.05) is 12.3 Å². The fourth-order valence-corrected chi connectivity index (χ4v) is 2.49. The molecule has 0 heterocycles. The Balaban J connectivity index is 4.99. The third-order valence-electron chi connectivity index (χ3n) is 4.13. The molecule has 0 bridgehead atoms. The standard InChI is InChI=1S/C17H31N5O7S/c1-9(14(25)22-12(17(28)29)5-6-13(23)24)20-16(27)11(4-2-3-7-18)21-15(26)10(19)8-30/h9-12,30H,2-8,18-19H2,1H3,(H,20,27)(H,21,26)(H,22,25)(H,23,24)(H,28,29). The van der Waals surface area contributed by atoms with Gasteiger partial charge in [-0.25, -0.2) is 4.79 Å². The van der Waals surface area contributed by atoms with Crippen molar-refractivity contribution in [3.05, 3.63) is 0 Å². The fourth-order valence-electron chi connectivity index (χ4n) is 2.32. The van der Waals surface area contributed by atoms with Crippen LogP contribution in [-0.4, -0.2) is 76.3 Å². The Labute approximate surface area is 179 Å². The summed E-state index contributed by atoms with van der Waals surface area (Å²) < 4.78 is 0. The molecule has 0 rings (SSSR count). The van der Waals surface area contributed by atoms with Crippen molar-refractivity contribution in [1.29, 1.82) is 0 Å². The van der Waals surface area contributed by atoms with Gasteiger partial charge in [0.15, 0.2) is 0 Å². The highest BCUT2D eigenvalue weighted by Crippen LogP contribution is 2.03. The van der Waals surface area contributed by atoms with E-state index in [9.17, 15) is 24.0 Å². The molecule has 0 saturated heterocycles. The molecule has 0 spiro atoms. The quantitative estimate of drug-likeness (QED) is 0.100. The maximum atomic E-state index is 12.5. The lowest BCUT2D eigenvalue weighted by Crippen LogP contribution is -2.56. The zero-order valence-corrected chi connectivity index (χ0v) is 17.7. The third kappa shape index (κ3) is 11.0. The van der Waals surface area contributed by atoms with E-state index < -0.39 is 60.2 Å². The molecule has 0 aromatic carbocycles. The maximum absolute atomic E-state index is 12.5. The Morgan fingerprint density at radius 3 is 2.00 bits per heavy atom. The van der Waals surface area contributed by atoms with Gasteiger partial charge in [-0.3, -0.25) is 19.2 Å². The number of amides is 3. The van der Waals surface area contributed by atoms with Gasteiger partial charge in [0, 0.05) is 12.2 Å². The molecule has 4 atom stereocenters. The van der Waals surface area contributed by atoms with Crippen LogP contribution in [0.3, 0.4) is 0 Å². The Morgan fingerprint density at radius 1 is 0.900 bits per heavy atom. The molecule has 0 radical (unpaired) electrons. The Kier molecular flexibility index (Phi) is 13.4. The summed E-state index contributed by atoms with van der Waals surface area (Å²) in [6.07, 6.45) is 0.674. The van der Waals surface area contributed by atoms with Gasteiger partial charge in [0.05, 0.1) is 6.04 Å². The number of aliphatic carboxylic acids is 2. The minimum atomic E-state index is -1.42. The van der Waals surface area contributed by atoms with E-state index in [4.69, 9.17) is 21.7 Å². The highest BCUT2D eigenvalue weighted by Gasteiger charge is 2.28. The van der Waals surface area contributed by atoms with Gasteiger partial charge >= 0.3 is 11.9 Å². The van der Waals surface area contributed by atoms with E-state index >= 15 is 0 Å². The number of unbranched alkanes of at least 4 members (excludes halogenated alkanes) is 1. The fraction of sp³-hybridized carbons (Fsp3) is 0.706. The van der Waals surface area contributed by atoms with Crippen LogP contribution in [0.25, 0.3) is 0 Å². The van der Waals surface area contributed by atoms with Gasteiger partial charge in [0.1, 0.15) is 18.1 Å². The molecule has 0 aromatic rings. The van der Waals surface area contributed by atoms with Crippen molar-refractivity contribution in [3.8, 4) is 0 Å². The third-order valence-corrected chi connectivity index (χ3v) is 4.52. The minimum Gasteiger partial charge on any atom is -0.481 e. The highest BCUT2D eigenvalue weighted by atomic mass is 32.1. The summed E-state index contributed by atoms with van der Waals surface area (Å²) in [6.45, 7) is 1.74. The van der Waals surface area contributed by atoms with Gasteiger partial charge in [0.2, 0.25) is 17.7 Å². The second-order valence-electron chi connectivity index (χ2n) is 6.70. The van der Waals surface area contributed by atoms with Gasteiger partial charge in [-0.15, -0.1) is 0 Å². The van der Waals surface area contributed by atoms with Crippen molar-refractivity contribution >= 4 is 42.3 Å². The number of hydrogen-bond acceptors (Lipinski definition) is 8. The molecule has 0 aliphatic carbocycles. The average Bonchev–Trinajstić information content (AvgIpc) is 2.68. The lowest BCUT2D eigenvalue weighted by atomic mass is 10.1. The molecule has 172 valence electrons. The Hall–Kier alpha value is -2.38. The first-order valence-corrected chi connectivity index (χ1v) is 10.1. The van der Waals surface area contributed by atoms with Crippen molar-refractivity contribution < 1.29 is 34.2 Å². The van der Waals surface area contributed by atoms with Crippen LogP contribution >= 0.6 is 12.6 Å². The predicted octanol–water partition coefficient (Wildman–Crippen LogP) is -2.20. The van der Waals surface area contributed by atoms with Crippen molar-refractivity contribution in [3.63, 3.8) is 0 Å². The maximum Gasteiger partial charge on any atom is 0.326 e. The molecule has 30 heavy (non-hydrogen) atoms. The normalized spacial score (nSPS) is 14.7. The Bertz CT molecular complexity index is 619. The summed E-state index contributed by atoms with van der Waals surface area (Å²) >= 11 is 3.93. The number of carbonyl (C=O) groups is 5. The summed E-state index contributed by atoms with van der Waals surface area (Å²) in [5.41, 5.74) is 11.0. The number of thiol groups is 1. The van der Waals surface area contributed by atoms with Gasteiger partial charge in [-0.2, -0.15) is 12.6 Å². The molecule has 0 aliphatic heterocycles. The molecule has 3 amide bonds. The van der Waals surface area contributed by atoms with Crippen LogP contribution in [-0.2, 0) is 24.0 Å². The summed E-state index contributed by atoms with van der Waals surface area (Å²) in [6, 6.07) is -4.42. The monoisotopic (exact) mass is 449 g/mol. The molecule has 4 unspecified atom stereocenters. The molecule has 13 heteroatoms. The molecule has 0 aromatic heterocycles. The first-order chi connectivity index (χ1) is 14.0. The smallest absolute Gasteiger partial charge is 0.326 e. The summed E-state index contributed by atoms with van der Waals surface area (Å²) in [4.78, 5) is 58.6. The van der Waals surface area contributed by atoms with Crippen LogP contribution in [0.1, 0.15) is 39.0 Å². The summed E-state index contributed by atoms with van der Waals surface area (Å²) in [5.74, 6) is -4.54. The molecule has 0 fully saturated rings. The van der Waals surface area contributed by atoms with Crippen LogP contribution in [0.2, 0.25) is 0 Å². The summed E-state index contributed by atoms with van der Waals surface area (Å²) in [7, 11) is 0. The number of rotatable bonds is 15. The predicted molar refractivity (Wildman–Crippen MR) is 111 cm³/mol. The molecular weight excluding hydrogens is 418 g/mol. The van der Waals surface area contributed by atoms with Crippen LogP contribution in [0.5, 0.6) is 0 Å². The highest BCUT2D eigenvalue weighted by molar-refractivity contribution is 7.80. The topological polar surface area (TPSA) is 214 Å². The first kappa shape index (κ1) is 27.6. The van der Waals surface area contributed by atoms with E-state index in [0.29, 0.717) is 19.4 Å². The largest absolute Gasteiger partial charge is 0.481 e. The van der Waals surface area contributed by atoms with E-state index in [1.165, 1.54) is 6.92 Å². The zero-order chi connectivity index (χ0) is 23.3. The van der Waals surface area contributed by atoms with Crippen molar-refractivity contribution in [2.24, 2.45) is 11.5 Å². The average molecular weight is 450 g/mol. The summed E-state index contributed by atoms with van der Waals surface area (Å²) in [5, 5.41) is 24.9. The van der Waals surface area contributed by atoms with Crippen molar-refractivity contribution in [2.45, 2.75) is 63.2 Å². The number of nitrogens with two attached hydrogens (primary N) is 2. The first-order valence-electron chi connectivity index (χ1n) is 9.45. The lowest BCUT2D eigenvalue weighted by molar-refractivity contribution is -0.143. The van der Waals surface area contributed by atoms with Gasteiger partial charge in [0.25, 0.3) is 0 Å². The van der Waals surface area contributed by atoms with Crippen molar-refractivity contribution in [1.82, 2.24) is 16.0 Å². The number of carboxylic acid groups (broad SMARTS) is 2. The molecular formula is C17H31N5O7S. The SMILES string of the molecule is CC(NC(=O)C(CCCCN)NC(=O)C(N)CS)C(=O)NC(CCC(=O)O)C(=O)O. The number of nitrogens with one attached hydrogen (secondary N) is 3. The van der Waals surface area contributed by atoms with Crippen LogP contribution < -0.4 is 27.4 Å². The molecule has 12 nitrogen and oxygen atoms in total. The Morgan fingerprint density at radius 2 is 1.50 bits per heavy atom. The molecule has 0 saturated carbocycles. The van der Waals surface area contributed by atoms with E-state index in [1.54, 1.807) is 0 Å². The van der Waals surface area contributed by atoms with E-state index in [-0.39, 0.29) is 18.6 Å². The van der Waals surface area contributed by atoms with E-state index in [0.717, 1.165) is 0 Å². The van der Waals surface area contributed by atoms with Gasteiger partial charge < -0.3 is 37.6 Å².